The Morgan fingerprint density at radius 3 is 2.53 bits per heavy atom. The van der Waals surface area contributed by atoms with E-state index in [4.69, 9.17) is 4.74 Å². The number of hydrogen-bond acceptors (Lipinski definition) is 5. The molecule has 1 fully saturated rings. The molecule has 1 amide bonds. The molecule has 1 N–H and O–H groups in total. The second-order valence-corrected chi connectivity index (χ2v) is 8.71. The number of benzene rings is 2. The Kier molecular flexibility index (Phi) is 6.61. The Bertz CT molecular complexity index is 885. The van der Waals surface area contributed by atoms with E-state index in [0.717, 1.165) is 41.9 Å². The molecule has 0 aliphatic carbocycles. The maximum Gasteiger partial charge on any atom is 0.227 e. The minimum absolute atomic E-state index is 0.130. The molecule has 0 radical (unpaired) electrons. The number of piperazine rings is 1. The Morgan fingerprint density at radius 1 is 1.07 bits per heavy atom. The number of ether oxygens (including phenoxy) is 1. The number of carbonyl (C=O) groups excluding carboxylic acids is 1. The van der Waals surface area contributed by atoms with E-state index in [-0.39, 0.29) is 12.5 Å². The van der Waals surface area contributed by atoms with Crippen LogP contribution in [-0.2, 0) is 11.2 Å². The number of carbonyl (C=O) groups is 1. The highest BCUT2D eigenvalue weighted by Gasteiger charge is 2.25. The molecule has 0 spiro atoms. The predicted molar refractivity (Wildman–Crippen MR) is 122 cm³/mol. The number of nitrogens with zero attached hydrogens (tertiary/aromatic N) is 3. The van der Waals surface area contributed by atoms with Gasteiger partial charge in [0.15, 0.2) is 0 Å². The lowest BCUT2D eigenvalue weighted by Crippen LogP contribution is -2.49. The fourth-order valence-electron chi connectivity index (χ4n) is 4.15. The third-order valence-corrected chi connectivity index (χ3v) is 6.77. The van der Waals surface area contributed by atoms with Crippen LogP contribution in [0, 0.1) is 0 Å². The fraction of sp³-hybridized carbons (Fsp3) is 0.435. The Morgan fingerprint density at radius 2 is 1.80 bits per heavy atom. The highest BCUT2D eigenvalue weighted by atomic mass is 79.9. The molecule has 1 atom stereocenters. The van der Waals surface area contributed by atoms with E-state index in [1.54, 1.807) is 11.9 Å². The molecule has 0 saturated carbocycles. The van der Waals surface area contributed by atoms with Gasteiger partial charge in [0.2, 0.25) is 5.91 Å². The summed E-state index contributed by atoms with van der Waals surface area (Å²) in [6.45, 7) is 4.61. The number of fused-ring (bicyclic) bond motifs is 1. The van der Waals surface area contributed by atoms with Crippen LogP contribution >= 0.6 is 15.9 Å². The maximum absolute atomic E-state index is 11.9. The first-order chi connectivity index (χ1) is 14.5. The SMILES string of the molecule is CN1C(=O)CCc2c1ccc(OCC(O)CN1CCN(c3ccccc3)CC1)c2Br. The molecule has 0 aromatic heterocycles. The minimum Gasteiger partial charge on any atom is -0.490 e. The van der Waals surface area contributed by atoms with Gasteiger partial charge in [0.25, 0.3) is 0 Å². The van der Waals surface area contributed by atoms with Gasteiger partial charge in [-0.25, -0.2) is 0 Å². The van der Waals surface area contributed by atoms with Crippen LogP contribution in [0.2, 0.25) is 0 Å². The van der Waals surface area contributed by atoms with Gasteiger partial charge in [0.05, 0.1) is 4.47 Å². The third kappa shape index (κ3) is 4.63. The number of rotatable bonds is 6. The van der Waals surface area contributed by atoms with Crippen molar-refractivity contribution in [2.45, 2.75) is 18.9 Å². The topological polar surface area (TPSA) is 56.3 Å². The molecule has 30 heavy (non-hydrogen) atoms. The first-order valence-electron chi connectivity index (χ1n) is 10.4. The van der Waals surface area contributed by atoms with Crippen molar-refractivity contribution in [3.8, 4) is 5.75 Å². The van der Waals surface area contributed by atoms with Gasteiger partial charge < -0.3 is 19.6 Å². The average molecular weight is 474 g/mol. The summed E-state index contributed by atoms with van der Waals surface area (Å²) in [4.78, 5) is 18.3. The van der Waals surface area contributed by atoms with Gasteiger partial charge in [-0.05, 0) is 52.2 Å². The van der Waals surface area contributed by atoms with Crippen LogP contribution in [0.25, 0.3) is 0 Å². The van der Waals surface area contributed by atoms with Crippen LogP contribution in [0.1, 0.15) is 12.0 Å². The maximum atomic E-state index is 11.9. The van der Waals surface area contributed by atoms with Crippen molar-refractivity contribution in [3.05, 3.63) is 52.5 Å². The smallest absolute Gasteiger partial charge is 0.227 e. The van der Waals surface area contributed by atoms with Crippen molar-refractivity contribution in [1.82, 2.24) is 4.90 Å². The molecular weight excluding hydrogens is 446 g/mol. The Balaban J connectivity index is 1.28. The summed E-state index contributed by atoms with van der Waals surface area (Å²) in [7, 11) is 1.80. The summed E-state index contributed by atoms with van der Waals surface area (Å²) >= 11 is 3.63. The molecule has 4 rings (SSSR count). The van der Waals surface area contributed by atoms with Gasteiger partial charge in [-0.2, -0.15) is 0 Å². The van der Waals surface area contributed by atoms with Crippen molar-refractivity contribution in [3.63, 3.8) is 0 Å². The molecular formula is C23H28BrN3O3. The summed E-state index contributed by atoms with van der Waals surface area (Å²) in [5, 5.41) is 10.5. The highest BCUT2D eigenvalue weighted by Crippen LogP contribution is 2.38. The van der Waals surface area contributed by atoms with Crippen molar-refractivity contribution in [1.29, 1.82) is 0 Å². The zero-order valence-electron chi connectivity index (χ0n) is 17.3. The summed E-state index contributed by atoms with van der Waals surface area (Å²) in [5.74, 6) is 0.843. The zero-order valence-corrected chi connectivity index (χ0v) is 18.8. The lowest BCUT2D eigenvalue weighted by atomic mass is 10.0. The standard InChI is InChI=1S/C23H28BrN3O3/c1-25-20-8-9-21(23(24)19(20)7-10-22(25)29)30-16-18(28)15-26-11-13-27(14-12-26)17-5-3-2-4-6-17/h2-6,8-9,18,28H,7,10-16H2,1H3. The quantitative estimate of drug-likeness (QED) is 0.698. The molecule has 6 nitrogen and oxygen atoms in total. The first kappa shape index (κ1) is 21.2. The molecule has 2 aliphatic heterocycles. The van der Waals surface area contributed by atoms with E-state index in [9.17, 15) is 9.90 Å². The van der Waals surface area contributed by atoms with Gasteiger partial charge in [-0.15, -0.1) is 0 Å². The van der Waals surface area contributed by atoms with E-state index in [1.807, 2.05) is 18.2 Å². The normalized spacial score (nSPS) is 18.3. The fourth-order valence-corrected chi connectivity index (χ4v) is 4.80. The van der Waals surface area contributed by atoms with Crippen molar-refractivity contribution in [2.24, 2.45) is 0 Å². The summed E-state index contributed by atoms with van der Waals surface area (Å²) in [5.41, 5.74) is 3.26. The molecule has 2 heterocycles. The molecule has 1 unspecified atom stereocenters. The van der Waals surface area contributed by atoms with E-state index in [1.165, 1.54) is 5.69 Å². The molecule has 160 valence electrons. The second kappa shape index (κ2) is 9.37. The second-order valence-electron chi connectivity index (χ2n) is 7.92. The van der Waals surface area contributed by atoms with Crippen molar-refractivity contribution < 1.29 is 14.6 Å². The van der Waals surface area contributed by atoms with Gasteiger partial charge in [0, 0.05) is 57.6 Å². The van der Waals surface area contributed by atoms with E-state index >= 15 is 0 Å². The van der Waals surface area contributed by atoms with Gasteiger partial charge in [0.1, 0.15) is 18.5 Å². The number of para-hydroxylation sites is 1. The van der Waals surface area contributed by atoms with Crippen LogP contribution in [0.3, 0.4) is 0 Å². The van der Waals surface area contributed by atoms with E-state index in [0.29, 0.717) is 25.1 Å². The zero-order chi connectivity index (χ0) is 21.1. The van der Waals surface area contributed by atoms with Crippen LogP contribution in [0.4, 0.5) is 11.4 Å². The van der Waals surface area contributed by atoms with Crippen LogP contribution in [-0.4, -0.2) is 68.4 Å². The highest BCUT2D eigenvalue weighted by molar-refractivity contribution is 9.10. The van der Waals surface area contributed by atoms with Gasteiger partial charge in [-0.3, -0.25) is 9.69 Å². The Hall–Kier alpha value is -2.09. The molecule has 1 saturated heterocycles. The number of halogens is 1. The molecule has 2 aromatic rings. The predicted octanol–water partition coefficient (Wildman–Crippen LogP) is 2.92. The van der Waals surface area contributed by atoms with Gasteiger partial charge >= 0.3 is 0 Å². The summed E-state index contributed by atoms with van der Waals surface area (Å²) < 4.78 is 6.80. The number of β-amino-alcohol motifs (C(OH)–C–C–N with tert-alkyl or cyclic N) is 1. The summed E-state index contributed by atoms with van der Waals surface area (Å²) in [6.07, 6.45) is 0.647. The number of aliphatic hydroxyl groups is 1. The molecule has 0 bridgehead atoms. The Labute approximate surface area is 186 Å². The lowest BCUT2D eigenvalue weighted by Gasteiger charge is -2.36. The number of anilines is 2. The minimum atomic E-state index is -0.555. The van der Waals surface area contributed by atoms with Crippen molar-refractivity contribution >= 4 is 33.2 Å². The van der Waals surface area contributed by atoms with Gasteiger partial charge in [-0.1, -0.05) is 18.2 Å². The van der Waals surface area contributed by atoms with Crippen LogP contribution in [0.5, 0.6) is 5.75 Å². The number of aliphatic hydroxyl groups excluding tert-OH is 1. The molecule has 2 aliphatic rings. The van der Waals surface area contributed by atoms with E-state index in [2.05, 4.69) is 50.0 Å². The van der Waals surface area contributed by atoms with Crippen molar-refractivity contribution in [2.75, 3.05) is 56.2 Å². The lowest BCUT2D eigenvalue weighted by molar-refractivity contribution is -0.118. The largest absolute Gasteiger partial charge is 0.490 e. The van der Waals surface area contributed by atoms with E-state index < -0.39 is 6.10 Å². The number of hydrogen-bond donors (Lipinski definition) is 1. The first-order valence-corrected chi connectivity index (χ1v) is 11.2. The molecule has 7 heteroatoms. The number of amides is 1. The monoisotopic (exact) mass is 473 g/mol. The summed E-state index contributed by atoms with van der Waals surface area (Å²) in [6, 6.07) is 14.2. The van der Waals surface area contributed by atoms with Crippen LogP contribution in [0.15, 0.2) is 46.9 Å². The molecule has 2 aromatic carbocycles. The third-order valence-electron chi connectivity index (χ3n) is 5.90. The average Bonchev–Trinajstić information content (AvgIpc) is 2.77. The van der Waals surface area contributed by atoms with Crippen LogP contribution < -0.4 is 14.5 Å².